The molecule has 2 rings (SSSR count). The molecule has 0 amide bonds. The van der Waals surface area contributed by atoms with Crippen molar-refractivity contribution in [2.75, 3.05) is 14.2 Å². The van der Waals surface area contributed by atoms with E-state index >= 15 is 0 Å². The molecule has 0 saturated carbocycles. The molecule has 0 aliphatic carbocycles. The first-order valence-electron chi connectivity index (χ1n) is 6.44. The van der Waals surface area contributed by atoms with Crippen LogP contribution < -0.4 is 9.47 Å². The van der Waals surface area contributed by atoms with Crippen molar-refractivity contribution in [2.24, 2.45) is 0 Å². The minimum absolute atomic E-state index is 0.269. The monoisotopic (exact) mass is 256 g/mol. The minimum atomic E-state index is 0.269. The van der Waals surface area contributed by atoms with Crippen molar-refractivity contribution < 1.29 is 9.47 Å². The maximum atomic E-state index is 5.46. The van der Waals surface area contributed by atoms with Gasteiger partial charge in [0.05, 0.1) is 14.2 Å². The second-order valence-electron chi connectivity index (χ2n) is 4.74. The van der Waals surface area contributed by atoms with Gasteiger partial charge in [-0.2, -0.15) is 0 Å². The summed E-state index contributed by atoms with van der Waals surface area (Å²) in [6, 6.07) is 14.5. The number of hydrogen-bond acceptors (Lipinski definition) is 2. The number of aryl methyl sites for hydroxylation is 1. The zero-order valence-corrected chi connectivity index (χ0v) is 11.9. The summed E-state index contributed by atoms with van der Waals surface area (Å²) in [6.45, 7) is 4.28. The summed E-state index contributed by atoms with van der Waals surface area (Å²) in [4.78, 5) is 0. The van der Waals surface area contributed by atoms with Gasteiger partial charge in [0, 0.05) is 11.5 Å². The first kappa shape index (κ1) is 13.5. The summed E-state index contributed by atoms with van der Waals surface area (Å²) in [5.41, 5.74) is 3.69. The molecule has 0 radical (unpaired) electrons. The lowest BCUT2D eigenvalue weighted by Crippen LogP contribution is -2.00. The van der Waals surface area contributed by atoms with Crippen molar-refractivity contribution >= 4 is 0 Å². The van der Waals surface area contributed by atoms with Gasteiger partial charge in [-0.15, -0.1) is 0 Å². The Morgan fingerprint density at radius 3 is 2.16 bits per heavy atom. The number of ether oxygens (including phenoxy) is 2. The molecule has 2 aromatic carbocycles. The molecular formula is C17H20O2. The van der Waals surface area contributed by atoms with Gasteiger partial charge >= 0.3 is 0 Å². The van der Waals surface area contributed by atoms with E-state index < -0.39 is 0 Å². The molecule has 0 bridgehead atoms. The minimum Gasteiger partial charge on any atom is -0.497 e. The fraction of sp³-hybridized carbons (Fsp3) is 0.294. The van der Waals surface area contributed by atoms with Crippen LogP contribution >= 0.6 is 0 Å². The Balaban J connectivity index is 2.41. The van der Waals surface area contributed by atoms with Crippen LogP contribution in [0.25, 0.3) is 0 Å². The summed E-state index contributed by atoms with van der Waals surface area (Å²) >= 11 is 0. The second kappa shape index (κ2) is 5.79. The zero-order valence-electron chi connectivity index (χ0n) is 11.9. The topological polar surface area (TPSA) is 18.5 Å². The van der Waals surface area contributed by atoms with E-state index in [1.165, 1.54) is 11.1 Å². The highest BCUT2D eigenvalue weighted by atomic mass is 16.5. The second-order valence-corrected chi connectivity index (χ2v) is 4.74. The van der Waals surface area contributed by atoms with Gasteiger partial charge in [-0.3, -0.25) is 0 Å². The number of hydrogen-bond donors (Lipinski definition) is 0. The first-order valence-corrected chi connectivity index (χ1v) is 6.44. The third-order valence-corrected chi connectivity index (χ3v) is 3.48. The van der Waals surface area contributed by atoms with E-state index in [0.29, 0.717) is 0 Å². The third-order valence-electron chi connectivity index (χ3n) is 3.48. The summed E-state index contributed by atoms with van der Waals surface area (Å²) in [6.07, 6.45) is 0. The van der Waals surface area contributed by atoms with Crippen molar-refractivity contribution in [3.05, 3.63) is 59.2 Å². The fourth-order valence-corrected chi connectivity index (χ4v) is 2.21. The lowest BCUT2D eigenvalue weighted by atomic mass is 9.92. The van der Waals surface area contributed by atoms with Crippen LogP contribution in [0, 0.1) is 6.92 Å². The van der Waals surface area contributed by atoms with Crippen LogP contribution in [0.15, 0.2) is 42.5 Å². The van der Waals surface area contributed by atoms with Crippen molar-refractivity contribution in [1.29, 1.82) is 0 Å². The summed E-state index contributed by atoms with van der Waals surface area (Å²) in [5, 5.41) is 0. The SMILES string of the molecule is COc1ccc(OC)c(C(C)c2ccc(C)cc2)c1. The van der Waals surface area contributed by atoms with Crippen LogP contribution in [0.2, 0.25) is 0 Å². The molecule has 2 heteroatoms. The first-order chi connectivity index (χ1) is 9.15. The Hall–Kier alpha value is -1.96. The number of benzene rings is 2. The van der Waals surface area contributed by atoms with Gasteiger partial charge in [-0.25, -0.2) is 0 Å². The lowest BCUT2D eigenvalue weighted by Gasteiger charge is -2.17. The molecule has 0 heterocycles. The molecule has 0 spiro atoms. The molecule has 0 N–H and O–H groups in total. The van der Waals surface area contributed by atoms with E-state index in [4.69, 9.17) is 9.47 Å². The summed E-state index contributed by atoms with van der Waals surface area (Å²) in [5.74, 6) is 2.02. The third kappa shape index (κ3) is 2.90. The standard InChI is InChI=1S/C17H20O2/c1-12-5-7-14(8-6-12)13(2)16-11-15(18-3)9-10-17(16)19-4/h5-11,13H,1-4H3. The highest BCUT2D eigenvalue weighted by molar-refractivity contribution is 5.46. The molecule has 1 unspecified atom stereocenters. The Kier molecular flexibility index (Phi) is 4.10. The molecule has 0 aliphatic heterocycles. The van der Waals surface area contributed by atoms with Crippen LogP contribution in [0.3, 0.4) is 0 Å². The molecule has 100 valence electrons. The molecule has 1 atom stereocenters. The lowest BCUT2D eigenvalue weighted by molar-refractivity contribution is 0.397. The van der Waals surface area contributed by atoms with E-state index in [1.54, 1.807) is 14.2 Å². The maximum Gasteiger partial charge on any atom is 0.122 e. The average Bonchev–Trinajstić information content (AvgIpc) is 2.46. The van der Waals surface area contributed by atoms with Gasteiger partial charge in [0.2, 0.25) is 0 Å². The number of methoxy groups -OCH3 is 2. The Morgan fingerprint density at radius 2 is 1.58 bits per heavy atom. The zero-order chi connectivity index (χ0) is 13.8. The maximum absolute atomic E-state index is 5.46. The molecule has 0 aliphatic rings. The van der Waals surface area contributed by atoms with Crippen LogP contribution in [-0.2, 0) is 0 Å². The fourth-order valence-electron chi connectivity index (χ4n) is 2.21. The average molecular weight is 256 g/mol. The van der Waals surface area contributed by atoms with Crippen molar-refractivity contribution in [1.82, 2.24) is 0 Å². The Labute approximate surface area is 115 Å². The summed E-state index contributed by atoms with van der Waals surface area (Å²) in [7, 11) is 3.38. The van der Waals surface area contributed by atoms with E-state index in [9.17, 15) is 0 Å². The number of rotatable bonds is 4. The van der Waals surface area contributed by atoms with Crippen LogP contribution in [0.4, 0.5) is 0 Å². The van der Waals surface area contributed by atoms with Gasteiger partial charge < -0.3 is 9.47 Å². The quantitative estimate of drug-likeness (QED) is 0.817. The largest absolute Gasteiger partial charge is 0.497 e. The van der Waals surface area contributed by atoms with Crippen LogP contribution in [0.5, 0.6) is 11.5 Å². The van der Waals surface area contributed by atoms with Crippen molar-refractivity contribution in [2.45, 2.75) is 19.8 Å². The molecule has 2 aromatic rings. The van der Waals surface area contributed by atoms with Crippen LogP contribution in [0.1, 0.15) is 29.5 Å². The Bertz CT molecular complexity index is 544. The van der Waals surface area contributed by atoms with Gasteiger partial charge in [0.1, 0.15) is 11.5 Å². The van der Waals surface area contributed by atoms with Gasteiger partial charge in [-0.1, -0.05) is 36.8 Å². The normalized spacial score (nSPS) is 12.0. The molecule has 0 saturated heterocycles. The molecule has 19 heavy (non-hydrogen) atoms. The van der Waals surface area contributed by atoms with Gasteiger partial charge in [-0.05, 0) is 30.7 Å². The predicted octanol–water partition coefficient (Wildman–Crippen LogP) is 4.16. The highest BCUT2D eigenvalue weighted by Crippen LogP contribution is 2.34. The molecule has 0 aromatic heterocycles. The van der Waals surface area contributed by atoms with Gasteiger partial charge in [0.15, 0.2) is 0 Å². The van der Waals surface area contributed by atoms with Crippen LogP contribution in [-0.4, -0.2) is 14.2 Å². The molecule has 0 fully saturated rings. The van der Waals surface area contributed by atoms with E-state index in [1.807, 2.05) is 18.2 Å². The molecule has 2 nitrogen and oxygen atoms in total. The van der Waals surface area contributed by atoms with Crippen molar-refractivity contribution in [3.63, 3.8) is 0 Å². The van der Waals surface area contributed by atoms with Gasteiger partial charge in [0.25, 0.3) is 0 Å². The summed E-state index contributed by atoms with van der Waals surface area (Å²) < 4.78 is 10.8. The van der Waals surface area contributed by atoms with E-state index in [-0.39, 0.29) is 5.92 Å². The Morgan fingerprint density at radius 1 is 0.895 bits per heavy atom. The predicted molar refractivity (Wildman–Crippen MR) is 78.2 cm³/mol. The van der Waals surface area contributed by atoms with E-state index in [0.717, 1.165) is 17.1 Å². The highest BCUT2D eigenvalue weighted by Gasteiger charge is 2.14. The smallest absolute Gasteiger partial charge is 0.122 e. The molecular weight excluding hydrogens is 236 g/mol. The van der Waals surface area contributed by atoms with Crippen molar-refractivity contribution in [3.8, 4) is 11.5 Å². The van der Waals surface area contributed by atoms with E-state index in [2.05, 4.69) is 38.1 Å².